The zero-order valence-corrected chi connectivity index (χ0v) is 5.44. The van der Waals surface area contributed by atoms with E-state index in [1.54, 1.807) is 0 Å². The number of hydrogen-bond donors (Lipinski definition) is 1. The van der Waals surface area contributed by atoms with Gasteiger partial charge in [0.1, 0.15) is 6.73 Å². The highest BCUT2D eigenvalue weighted by atomic mass is 32.2. The Kier molecular flexibility index (Phi) is 5.46. The normalized spacial score (nSPS) is 12.4. The quantitative estimate of drug-likeness (QED) is 0.240. The van der Waals surface area contributed by atoms with E-state index in [1.807, 2.05) is 0 Å². The van der Waals surface area contributed by atoms with Crippen molar-refractivity contribution in [2.24, 2.45) is 0 Å². The van der Waals surface area contributed by atoms with Gasteiger partial charge in [0.25, 0.3) is 0 Å². The highest BCUT2D eigenvalue weighted by molar-refractivity contribution is 7.74. The molecular formula is C4H6NO3S-. The van der Waals surface area contributed by atoms with Crippen LogP contribution >= 0.6 is 0 Å². The molecule has 0 rings (SSSR count). The maximum Gasteiger partial charge on any atom is 0.114 e. The molecule has 1 unspecified atom stereocenters. The SMILES string of the molecule is C#CCNCOS(=O)[O-]. The van der Waals surface area contributed by atoms with Crippen molar-refractivity contribution >= 4 is 11.4 Å². The van der Waals surface area contributed by atoms with Crippen molar-refractivity contribution in [3.05, 3.63) is 0 Å². The molecule has 0 heterocycles. The summed E-state index contributed by atoms with van der Waals surface area (Å²) >= 11 is -2.45. The van der Waals surface area contributed by atoms with Crippen molar-refractivity contribution in [3.63, 3.8) is 0 Å². The summed E-state index contributed by atoms with van der Waals surface area (Å²) in [5.41, 5.74) is 0. The van der Waals surface area contributed by atoms with Crippen LogP contribution in [0.15, 0.2) is 0 Å². The summed E-state index contributed by atoms with van der Waals surface area (Å²) in [6.07, 6.45) is 4.82. The lowest BCUT2D eigenvalue weighted by Gasteiger charge is -2.03. The molecule has 0 saturated carbocycles. The van der Waals surface area contributed by atoms with E-state index in [0.29, 0.717) is 6.54 Å². The van der Waals surface area contributed by atoms with Gasteiger partial charge >= 0.3 is 0 Å². The fraction of sp³-hybridized carbons (Fsp3) is 0.500. The number of rotatable bonds is 4. The molecule has 9 heavy (non-hydrogen) atoms. The van der Waals surface area contributed by atoms with Crippen molar-refractivity contribution in [1.29, 1.82) is 0 Å². The van der Waals surface area contributed by atoms with E-state index in [9.17, 15) is 8.76 Å². The summed E-state index contributed by atoms with van der Waals surface area (Å²) in [6, 6.07) is 0. The summed E-state index contributed by atoms with van der Waals surface area (Å²) in [7, 11) is 0. The lowest BCUT2D eigenvalue weighted by molar-refractivity contribution is 0.279. The van der Waals surface area contributed by atoms with Gasteiger partial charge in [-0.3, -0.25) is 9.50 Å². The maximum atomic E-state index is 9.65. The predicted octanol–water partition coefficient (Wildman–Crippen LogP) is -1.02. The minimum absolute atomic E-state index is 0.0691. The molecule has 0 aliphatic rings. The second-order valence-corrected chi connectivity index (χ2v) is 1.74. The first-order valence-corrected chi connectivity index (χ1v) is 3.14. The second-order valence-electron chi connectivity index (χ2n) is 1.10. The van der Waals surface area contributed by atoms with Crippen LogP contribution < -0.4 is 5.32 Å². The van der Waals surface area contributed by atoms with Crippen molar-refractivity contribution < 1.29 is 12.9 Å². The second kappa shape index (κ2) is 5.72. The van der Waals surface area contributed by atoms with Crippen LogP contribution in [0.3, 0.4) is 0 Å². The topological polar surface area (TPSA) is 61.4 Å². The fourth-order valence-corrected chi connectivity index (χ4v) is 0.393. The van der Waals surface area contributed by atoms with Gasteiger partial charge in [-0.1, -0.05) is 5.92 Å². The molecule has 1 N–H and O–H groups in total. The Morgan fingerprint density at radius 1 is 1.89 bits per heavy atom. The molecule has 52 valence electrons. The fourth-order valence-electron chi connectivity index (χ4n) is 0.213. The molecule has 0 amide bonds. The van der Waals surface area contributed by atoms with E-state index >= 15 is 0 Å². The molecule has 0 aliphatic heterocycles. The molecule has 0 aliphatic carbocycles. The Morgan fingerprint density at radius 3 is 3.00 bits per heavy atom. The molecule has 0 radical (unpaired) electrons. The monoisotopic (exact) mass is 148 g/mol. The van der Waals surface area contributed by atoms with Crippen molar-refractivity contribution in [2.75, 3.05) is 13.3 Å². The molecule has 0 bridgehead atoms. The number of hydrogen-bond acceptors (Lipinski definition) is 4. The van der Waals surface area contributed by atoms with Gasteiger partial charge in [0.2, 0.25) is 0 Å². The maximum absolute atomic E-state index is 9.65. The Bertz CT molecular complexity index is 130. The molecule has 0 aromatic heterocycles. The van der Waals surface area contributed by atoms with Crippen LogP contribution in [0.2, 0.25) is 0 Å². The van der Waals surface area contributed by atoms with Gasteiger partial charge in [-0.05, 0) is 0 Å². The number of nitrogens with one attached hydrogen (secondary N) is 1. The van der Waals surface area contributed by atoms with E-state index in [-0.39, 0.29) is 6.73 Å². The first kappa shape index (κ1) is 8.59. The van der Waals surface area contributed by atoms with E-state index in [4.69, 9.17) is 6.42 Å². The first-order valence-electron chi connectivity index (χ1n) is 2.14. The minimum atomic E-state index is -2.45. The van der Waals surface area contributed by atoms with E-state index in [1.165, 1.54) is 0 Å². The Hall–Kier alpha value is -0.410. The summed E-state index contributed by atoms with van der Waals surface area (Å²) in [4.78, 5) is 0. The molecule has 1 atom stereocenters. The van der Waals surface area contributed by atoms with Crippen molar-refractivity contribution in [3.8, 4) is 12.3 Å². The van der Waals surface area contributed by atoms with Gasteiger partial charge in [-0.2, -0.15) is 0 Å². The van der Waals surface area contributed by atoms with Crippen molar-refractivity contribution in [1.82, 2.24) is 5.32 Å². The highest BCUT2D eigenvalue weighted by Crippen LogP contribution is 1.72. The van der Waals surface area contributed by atoms with Crippen LogP contribution in [0.25, 0.3) is 0 Å². The molecule has 0 aromatic carbocycles. The minimum Gasteiger partial charge on any atom is -0.750 e. The average Bonchev–Trinajstić information content (AvgIpc) is 1.80. The number of terminal acetylenes is 1. The zero-order chi connectivity index (χ0) is 7.11. The Morgan fingerprint density at radius 2 is 2.56 bits per heavy atom. The lowest BCUT2D eigenvalue weighted by atomic mass is 10.7. The summed E-state index contributed by atoms with van der Waals surface area (Å²) < 4.78 is 23.4. The largest absolute Gasteiger partial charge is 0.750 e. The smallest absolute Gasteiger partial charge is 0.114 e. The predicted molar refractivity (Wildman–Crippen MR) is 31.7 cm³/mol. The Labute approximate surface area is 56.1 Å². The third-order valence-electron chi connectivity index (χ3n) is 0.484. The van der Waals surface area contributed by atoms with Gasteiger partial charge in [0.15, 0.2) is 0 Å². The van der Waals surface area contributed by atoms with Crippen molar-refractivity contribution in [2.45, 2.75) is 0 Å². The molecule has 0 aromatic rings. The van der Waals surface area contributed by atoms with Gasteiger partial charge in [0, 0.05) is 0 Å². The molecular weight excluding hydrogens is 142 g/mol. The molecule has 4 nitrogen and oxygen atoms in total. The molecule has 0 spiro atoms. The van der Waals surface area contributed by atoms with Gasteiger partial charge in [-0.15, -0.1) is 6.42 Å². The van der Waals surface area contributed by atoms with Crippen LogP contribution in [-0.4, -0.2) is 22.0 Å². The van der Waals surface area contributed by atoms with Crippen LogP contribution in [0.1, 0.15) is 0 Å². The third-order valence-corrected chi connectivity index (χ3v) is 0.795. The third kappa shape index (κ3) is 7.59. The molecule has 0 saturated heterocycles. The lowest BCUT2D eigenvalue weighted by Crippen LogP contribution is -2.18. The van der Waals surface area contributed by atoms with Crippen LogP contribution in [0.4, 0.5) is 0 Å². The summed E-state index contributed by atoms with van der Waals surface area (Å²) in [5.74, 6) is 2.25. The first-order chi connectivity index (χ1) is 4.27. The molecule has 0 fully saturated rings. The van der Waals surface area contributed by atoms with Crippen LogP contribution in [-0.2, 0) is 15.5 Å². The van der Waals surface area contributed by atoms with E-state index < -0.39 is 11.4 Å². The summed E-state index contributed by atoms with van der Waals surface area (Å²) in [5, 5.41) is 2.52. The molecule has 5 heteroatoms. The van der Waals surface area contributed by atoms with Gasteiger partial charge in [0.05, 0.1) is 17.9 Å². The van der Waals surface area contributed by atoms with Gasteiger partial charge in [-0.25, -0.2) is 4.21 Å². The van der Waals surface area contributed by atoms with Gasteiger partial charge < -0.3 is 4.55 Å². The standard InChI is InChI=1S/C4H7NO3S/c1-2-3-5-4-8-9(6)7/h1,5H,3-4H2,(H,6,7)/p-1. The average molecular weight is 148 g/mol. The highest BCUT2D eigenvalue weighted by Gasteiger charge is 1.80. The van der Waals surface area contributed by atoms with E-state index in [0.717, 1.165) is 0 Å². The van der Waals surface area contributed by atoms with E-state index in [2.05, 4.69) is 15.4 Å². The Balaban J connectivity index is 2.94. The zero-order valence-electron chi connectivity index (χ0n) is 4.62. The van der Waals surface area contributed by atoms with Crippen LogP contribution in [0.5, 0.6) is 0 Å². The summed E-state index contributed by atoms with van der Waals surface area (Å²) in [6.45, 7) is 0.234. The van der Waals surface area contributed by atoms with Crippen LogP contribution in [0, 0.1) is 12.3 Å².